The number of amides is 1. The van der Waals surface area contributed by atoms with Crippen LogP contribution in [0.25, 0.3) is 0 Å². The Morgan fingerprint density at radius 2 is 1.81 bits per heavy atom. The Labute approximate surface area is 202 Å². The van der Waals surface area contributed by atoms with Gasteiger partial charge in [0.05, 0.1) is 16.4 Å². The first-order valence-electron chi connectivity index (χ1n) is 9.33. The van der Waals surface area contributed by atoms with Crippen molar-refractivity contribution in [3.63, 3.8) is 0 Å². The number of ether oxygens (including phenoxy) is 1. The van der Waals surface area contributed by atoms with Crippen molar-refractivity contribution in [3.8, 4) is 5.75 Å². The van der Waals surface area contributed by atoms with Crippen LogP contribution < -0.4 is 10.2 Å². The lowest BCUT2D eigenvalue weighted by atomic mass is 10.2. The van der Waals surface area contributed by atoms with Crippen LogP contribution >= 0.6 is 43.6 Å². The zero-order valence-corrected chi connectivity index (χ0v) is 20.9. The van der Waals surface area contributed by atoms with E-state index in [1.807, 2.05) is 62.4 Å². The second-order valence-corrected chi connectivity index (χ2v) is 9.33. The fraction of sp³-hybridized carbons (Fsp3) is 0.182. The summed E-state index contributed by atoms with van der Waals surface area (Å²) in [5.74, 6) is 0.693. The Morgan fingerprint density at radius 3 is 2.48 bits per heavy atom. The van der Waals surface area contributed by atoms with Gasteiger partial charge >= 0.3 is 0 Å². The van der Waals surface area contributed by atoms with Crippen LogP contribution in [-0.4, -0.2) is 27.8 Å². The third-order valence-corrected chi connectivity index (χ3v) is 5.96. The molecule has 0 saturated carbocycles. The zero-order valence-electron chi connectivity index (χ0n) is 16.9. The first kappa shape index (κ1) is 23.4. The number of hydrogen-bond acceptors (Lipinski definition) is 6. The van der Waals surface area contributed by atoms with Crippen molar-refractivity contribution >= 4 is 55.7 Å². The summed E-state index contributed by atoms with van der Waals surface area (Å²) in [6, 6.07) is 15.5. The summed E-state index contributed by atoms with van der Waals surface area (Å²) < 4.78 is 7.70. The second-order valence-electron chi connectivity index (χ2n) is 6.62. The van der Waals surface area contributed by atoms with E-state index < -0.39 is 0 Å². The van der Waals surface area contributed by atoms with Crippen molar-refractivity contribution in [2.45, 2.75) is 25.6 Å². The van der Waals surface area contributed by atoms with E-state index in [0.717, 1.165) is 37.2 Å². The highest BCUT2D eigenvalue weighted by molar-refractivity contribution is 9.10. The van der Waals surface area contributed by atoms with E-state index in [2.05, 4.69) is 52.4 Å². The van der Waals surface area contributed by atoms with E-state index in [1.165, 1.54) is 11.8 Å². The van der Waals surface area contributed by atoms with E-state index in [0.29, 0.717) is 11.8 Å². The summed E-state index contributed by atoms with van der Waals surface area (Å²) in [5.41, 5.74) is 6.18. The normalized spacial score (nSPS) is 11.0. The van der Waals surface area contributed by atoms with Crippen LogP contribution in [0.4, 0.5) is 0 Å². The molecule has 0 spiro atoms. The smallest absolute Gasteiger partial charge is 0.250 e. The van der Waals surface area contributed by atoms with Gasteiger partial charge in [0.2, 0.25) is 0 Å². The fourth-order valence-corrected chi connectivity index (χ4v) is 4.07. The van der Waals surface area contributed by atoms with Crippen molar-refractivity contribution in [2.24, 2.45) is 5.10 Å². The van der Waals surface area contributed by atoms with E-state index >= 15 is 0 Å². The molecule has 3 aromatic rings. The van der Waals surface area contributed by atoms with Gasteiger partial charge in [-0.1, -0.05) is 39.8 Å². The number of nitrogens with zero attached hydrogens (tertiary/aromatic N) is 3. The number of aryl methyl sites for hydroxylation is 2. The summed E-state index contributed by atoms with van der Waals surface area (Å²) in [5, 5.41) is 4.60. The third-order valence-electron chi connectivity index (χ3n) is 3.96. The van der Waals surface area contributed by atoms with E-state index in [1.54, 1.807) is 6.21 Å². The number of nitrogens with one attached hydrogen (secondary N) is 1. The molecule has 1 heterocycles. The van der Waals surface area contributed by atoms with Crippen LogP contribution in [0.15, 0.2) is 67.7 Å². The maximum absolute atomic E-state index is 12.0. The number of carbonyl (C=O) groups excluding carboxylic acids is 1. The van der Waals surface area contributed by atoms with Crippen LogP contribution in [0.1, 0.15) is 22.5 Å². The molecule has 0 saturated heterocycles. The minimum atomic E-state index is -0.225. The number of thioether (sulfide) groups is 1. The second kappa shape index (κ2) is 11.4. The van der Waals surface area contributed by atoms with Crippen LogP contribution in [0, 0.1) is 13.8 Å². The molecule has 0 aliphatic rings. The number of benzene rings is 2. The average molecular weight is 564 g/mol. The van der Waals surface area contributed by atoms with Gasteiger partial charge in [-0.25, -0.2) is 15.4 Å². The maximum atomic E-state index is 12.0. The number of aromatic nitrogens is 2. The third kappa shape index (κ3) is 7.75. The van der Waals surface area contributed by atoms with Crippen molar-refractivity contribution in [1.29, 1.82) is 0 Å². The molecule has 0 atom stereocenters. The number of halogens is 2. The highest BCUT2D eigenvalue weighted by Crippen LogP contribution is 2.26. The molecule has 9 heteroatoms. The molecular weight excluding hydrogens is 544 g/mol. The average Bonchev–Trinajstić information content (AvgIpc) is 2.72. The van der Waals surface area contributed by atoms with Gasteiger partial charge in [0.15, 0.2) is 5.16 Å². The van der Waals surface area contributed by atoms with Gasteiger partial charge in [-0.05, 0) is 77.3 Å². The number of hydrogen-bond donors (Lipinski definition) is 1. The summed E-state index contributed by atoms with van der Waals surface area (Å²) in [7, 11) is 0. The first-order valence-corrected chi connectivity index (χ1v) is 11.9. The van der Waals surface area contributed by atoms with Gasteiger partial charge in [0, 0.05) is 15.9 Å². The molecular formula is C22H20Br2N4O2S. The molecule has 1 aromatic heterocycles. The molecule has 2 aromatic carbocycles. The predicted octanol–water partition coefficient (Wildman–Crippen LogP) is 5.44. The van der Waals surface area contributed by atoms with Gasteiger partial charge in [0.25, 0.3) is 5.91 Å². The van der Waals surface area contributed by atoms with Crippen molar-refractivity contribution in [1.82, 2.24) is 15.4 Å². The topological polar surface area (TPSA) is 76.5 Å². The highest BCUT2D eigenvalue weighted by atomic mass is 79.9. The van der Waals surface area contributed by atoms with Gasteiger partial charge in [-0.2, -0.15) is 5.10 Å². The van der Waals surface area contributed by atoms with Crippen molar-refractivity contribution in [2.75, 3.05) is 5.75 Å². The minimum absolute atomic E-state index is 0.187. The molecule has 0 aliphatic heterocycles. The molecule has 0 unspecified atom stereocenters. The van der Waals surface area contributed by atoms with Crippen LogP contribution in [-0.2, 0) is 11.4 Å². The van der Waals surface area contributed by atoms with Gasteiger partial charge in [0.1, 0.15) is 12.4 Å². The van der Waals surface area contributed by atoms with Crippen LogP contribution in [0.2, 0.25) is 0 Å². The molecule has 0 radical (unpaired) electrons. The predicted molar refractivity (Wildman–Crippen MR) is 131 cm³/mol. The Balaban J connectivity index is 1.48. The molecule has 31 heavy (non-hydrogen) atoms. The van der Waals surface area contributed by atoms with Crippen LogP contribution in [0.3, 0.4) is 0 Å². The molecule has 160 valence electrons. The van der Waals surface area contributed by atoms with Crippen molar-refractivity contribution < 1.29 is 9.53 Å². The summed E-state index contributed by atoms with van der Waals surface area (Å²) in [6.45, 7) is 4.27. The van der Waals surface area contributed by atoms with Gasteiger partial charge in [-0.3, -0.25) is 4.79 Å². The maximum Gasteiger partial charge on any atom is 0.250 e. The Hall–Kier alpha value is -2.23. The van der Waals surface area contributed by atoms with Crippen molar-refractivity contribution in [3.05, 3.63) is 80.0 Å². The van der Waals surface area contributed by atoms with Gasteiger partial charge < -0.3 is 4.74 Å². The standard InChI is InChI=1S/C22H20Br2N4O2S/c1-14-9-15(2)27-22(26-14)31-13-21(29)28-25-11-17-5-8-20(19(24)10-17)30-12-16-3-6-18(23)7-4-16/h3-11H,12-13H2,1-2H3,(H,28,29)/b25-11-. The van der Waals surface area contributed by atoms with Crippen LogP contribution in [0.5, 0.6) is 5.75 Å². The fourth-order valence-electron chi connectivity index (χ4n) is 2.56. The minimum Gasteiger partial charge on any atom is -0.488 e. The summed E-state index contributed by atoms with van der Waals surface area (Å²) in [4.78, 5) is 20.6. The van der Waals surface area contributed by atoms with E-state index in [-0.39, 0.29) is 11.7 Å². The van der Waals surface area contributed by atoms with Gasteiger partial charge in [-0.15, -0.1) is 0 Å². The zero-order chi connectivity index (χ0) is 22.2. The van der Waals surface area contributed by atoms with E-state index in [9.17, 15) is 4.79 Å². The molecule has 1 N–H and O–H groups in total. The van der Waals surface area contributed by atoms with E-state index in [4.69, 9.17) is 4.74 Å². The lowest BCUT2D eigenvalue weighted by Gasteiger charge is -2.09. The molecule has 6 nitrogen and oxygen atoms in total. The number of carbonyl (C=O) groups is 1. The summed E-state index contributed by atoms with van der Waals surface area (Å²) in [6.07, 6.45) is 1.58. The lowest BCUT2D eigenvalue weighted by molar-refractivity contribution is -0.118. The molecule has 3 rings (SSSR count). The lowest BCUT2D eigenvalue weighted by Crippen LogP contribution is -2.19. The first-order chi connectivity index (χ1) is 14.9. The Morgan fingerprint density at radius 1 is 1.10 bits per heavy atom. The monoisotopic (exact) mass is 562 g/mol. The molecule has 0 bridgehead atoms. The molecule has 0 fully saturated rings. The molecule has 1 amide bonds. The SMILES string of the molecule is Cc1cc(C)nc(SCC(=O)N/N=C\c2ccc(OCc3ccc(Br)cc3)c(Br)c2)n1. The largest absolute Gasteiger partial charge is 0.488 e. The number of rotatable bonds is 8. The Kier molecular flexibility index (Phi) is 8.62. The quantitative estimate of drug-likeness (QED) is 0.171. The number of hydrazone groups is 1. The molecule has 0 aliphatic carbocycles. The highest BCUT2D eigenvalue weighted by Gasteiger charge is 2.06. The Bertz CT molecular complexity index is 1070. The summed E-state index contributed by atoms with van der Waals surface area (Å²) >= 11 is 8.22.